The molecule has 2 rings (SSSR count). The van der Waals surface area contributed by atoms with Crippen molar-refractivity contribution in [3.05, 3.63) is 47.3 Å². The molecule has 0 radical (unpaired) electrons. The zero-order valence-electron chi connectivity index (χ0n) is 11.5. The van der Waals surface area contributed by atoms with Crippen molar-refractivity contribution in [3.63, 3.8) is 0 Å². The lowest BCUT2D eigenvalue weighted by Crippen LogP contribution is -2.13. The molecule has 118 valence electrons. The number of sulfone groups is 1. The first-order valence-corrected chi connectivity index (χ1v) is 7.85. The van der Waals surface area contributed by atoms with Crippen LogP contribution in [-0.2, 0) is 23.1 Å². The Balaban J connectivity index is 2.64. The second kappa shape index (κ2) is 5.24. The van der Waals surface area contributed by atoms with E-state index >= 15 is 0 Å². The molecule has 0 amide bonds. The molecule has 1 aromatic carbocycles. The Hall–Kier alpha value is -2.16. The number of aromatic nitrogens is 2. The van der Waals surface area contributed by atoms with Crippen LogP contribution in [-0.4, -0.2) is 30.2 Å². The number of benzene rings is 1. The Labute approximate surface area is 124 Å². The topological polar surface area (TPSA) is 69.0 Å². The van der Waals surface area contributed by atoms with Gasteiger partial charge in [0, 0.05) is 25.1 Å². The lowest BCUT2D eigenvalue weighted by molar-refractivity contribution is -0.137. The number of carbonyl (C=O) groups is 1. The fourth-order valence-corrected chi connectivity index (χ4v) is 2.77. The summed E-state index contributed by atoms with van der Waals surface area (Å²) in [5.41, 5.74) is -1.52. The van der Waals surface area contributed by atoms with Gasteiger partial charge in [-0.15, -0.1) is 0 Å². The highest BCUT2D eigenvalue weighted by Crippen LogP contribution is 2.32. The summed E-state index contributed by atoms with van der Waals surface area (Å²) in [6.45, 7) is 0. The number of carbonyl (C=O) groups excluding carboxylic acids is 1. The van der Waals surface area contributed by atoms with E-state index in [1.807, 2.05) is 0 Å². The molecule has 2 aromatic rings. The van der Waals surface area contributed by atoms with E-state index in [0.717, 1.165) is 12.3 Å². The molecular weight excluding hydrogens is 321 g/mol. The molecule has 22 heavy (non-hydrogen) atoms. The Morgan fingerprint density at radius 2 is 1.86 bits per heavy atom. The molecule has 1 heterocycles. The van der Waals surface area contributed by atoms with Crippen molar-refractivity contribution < 1.29 is 26.4 Å². The third-order valence-corrected chi connectivity index (χ3v) is 4.04. The molecule has 0 unspecified atom stereocenters. The number of nitrogens with zero attached hydrogens (tertiary/aromatic N) is 2. The van der Waals surface area contributed by atoms with Gasteiger partial charge in [0.1, 0.15) is 5.69 Å². The van der Waals surface area contributed by atoms with E-state index in [0.29, 0.717) is 12.1 Å². The van der Waals surface area contributed by atoms with E-state index < -0.39 is 32.3 Å². The minimum Gasteiger partial charge on any atom is -0.287 e. The molecule has 0 atom stereocenters. The van der Waals surface area contributed by atoms with Gasteiger partial charge >= 0.3 is 6.18 Å². The normalized spacial score (nSPS) is 12.4. The predicted molar refractivity (Wildman–Crippen MR) is 71.2 cm³/mol. The van der Waals surface area contributed by atoms with Crippen molar-refractivity contribution in [1.82, 2.24) is 9.78 Å². The standard InChI is InChI=1S/C13H11F3N2O3S/c1-18-6-5-10(17-18)12(19)9-4-3-8(13(14,15)16)7-11(9)22(2,20)21/h3-7H,1-2H3. The quantitative estimate of drug-likeness (QED) is 0.807. The molecule has 0 N–H and O–H groups in total. The summed E-state index contributed by atoms with van der Waals surface area (Å²) in [5.74, 6) is -0.755. The predicted octanol–water partition coefficient (Wildman–Crippen LogP) is 2.07. The summed E-state index contributed by atoms with van der Waals surface area (Å²) in [6.07, 6.45) is -2.48. The Morgan fingerprint density at radius 1 is 1.23 bits per heavy atom. The molecule has 0 aliphatic heterocycles. The Kier molecular flexibility index (Phi) is 3.86. The smallest absolute Gasteiger partial charge is 0.287 e. The van der Waals surface area contributed by atoms with Crippen molar-refractivity contribution in [2.75, 3.05) is 6.26 Å². The molecule has 0 saturated carbocycles. The molecule has 1 aromatic heterocycles. The molecule has 0 aliphatic carbocycles. The first-order valence-electron chi connectivity index (χ1n) is 5.96. The molecule has 0 bridgehead atoms. The maximum absolute atomic E-state index is 12.7. The van der Waals surface area contributed by atoms with Crippen LogP contribution in [0.4, 0.5) is 13.2 Å². The van der Waals surface area contributed by atoms with E-state index in [1.165, 1.54) is 16.9 Å². The van der Waals surface area contributed by atoms with Gasteiger partial charge in [0.15, 0.2) is 9.84 Å². The minimum absolute atomic E-state index is 0.0489. The van der Waals surface area contributed by atoms with E-state index in [9.17, 15) is 26.4 Å². The highest BCUT2D eigenvalue weighted by molar-refractivity contribution is 7.90. The second-order valence-corrected chi connectivity index (χ2v) is 6.67. The number of alkyl halides is 3. The van der Waals surface area contributed by atoms with Gasteiger partial charge in [-0.2, -0.15) is 18.3 Å². The first kappa shape index (κ1) is 16.2. The van der Waals surface area contributed by atoms with Gasteiger partial charge in [0.2, 0.25) is 5.78 Å². The number of halogens is 3. The van der Waals surface area contributed by atoms with Crippen LogP contribution in [0, 0.1) is 0 Å². The van der Waals surface area contributed by atoms with Gasteiger partial charge in [-0.3, -0.25) is 9.48 Å². The van der Waals surface area contributed by atoms with Gasteiger partial charge in [0.05, 0.1) is 10.5 Å². The number of hydrogen-bond acceptors (Lipinski definition) is 4. The molecule has 9 heteroatoms. The summed E-state index contributed by atoms with van der Waals surface area (Å²) in [6, 6.07) is 3.35. The van der Waals surface area contributed by atoms with E-state index in [1.54, 1.807) is 7.05 Å². The maximum atomic E-state index is 12.7. The average Bonchev–Trinajstić information content (AvgIpc) is 2.82. The summed E-state index contributed by atoms with van der Waals surface area (Å²) in [7, 11) is -2.46. The molecule has 0 saturated heterocycles. The molecule has 0 spiro atoms. The third-order valence-electron chi connectivity index (χ3n) is 2.90. The van der Waals surface area contributed by atoms with Crippen LogP contribution in [0.3, 0.4) is 0 Å². The van der Waals surface area contributed by atoms with Crippen molar-refractivity contribution in [3.8, 4) is 0 Å². The Morgan fingerprint density at radius 3 is 2.32 bits per heavy atom. The SMILES string of the molecule is Cn1ccc(C(=O)c2ccc(C(F)(F)F)cc2S(C)(=O)=O)n1. The van der Waals surface area contributed by atoms with Crippen LogP contribution in [0.1, 0.15) is 21.6 Å². The monoisotopic (exact) mass is 332 g/mol. The summed E-state index contributed by atoms with van der Waals surface area (Å²) < 4.78 is 62.9. The lowest BCUT2D eigenvalue weighted by atomic mass is 10.1. The molecule has 5 nitrogen and oxygen atoms in total. The van der Waals surface area contributed by atoms with Gasteiger partial charge < -0.3 is 0 Å². The number of aryl methyl sites for hydroxylation is 1. The number of ketones is 1. The fourth-order valence-electron chi connectivity index (χ4n) is 1.87. The largest absolute Gasteiger partial charge is 0.416 e. The molecule has 0 fully saturated rings. The molecular formula is C13H11F3N2O3S. The average molecular weight is 332 g/mol. The van der Waals surface area contributed by atoms with Gasteiger partial charge in [-0.1, -0.05) is 0 Å². The summed E-state index contributed by atoms with van der Waals surface area (Å²) in [4.78, 5) is 11.6. The highest BCUT2D eigenvalue weighted by Gasteiger charge is 2.33. The third kappa shape index (κ3) is 3.19. The Bertz CT molecular complexity index is 838. The number of rotatable bonds is 3. The van der Waals surface area contributed by atoms with Crippen molar-refractivity contribution in [2.24, 2.45) is 7.05 Å². The van der Waals surface area contributed by atoms with Crippen LogP contribution in [0.2, 0.25) is 0 Å². The molecule has 0 aliphatic rings. The van der Waals surface area contributed by atoms with Crippen LogP contribution < -0.4 is 0 Å². The highest BCUT2D eigenvalue weighted by atomic mass is 32.2. The van der Waals surface area contributed by atoms with Crippen molar-refractivity contribution in [1.29, 1.82) is 0 Å². The fraction of sp³-hybridized carbons (Fsp3) is 0.231. The zero-order chi connectivity index (χ0) is 16.7. The van der Waals surface area contributed by atoms with Crippen molar-refractivity contribution in [2.45, 2.75) is 11.1 Å². The van der Waals surface area contributed by atoms with E-state index in [-0.39, 0.29) is 11.3 Å². The van der Waals surface area contributed by atoms with Crippen LogP contribution >= 0.6 is 0 Å². The maximum Gasteiger partial charge on any atom is 0.416 e. The van der Waals surface area contributed by atoms with Crippen LogP contribution in [0.15, 0.2) is 35.4 Å². The zero-order valence-corrected chi connectivity index (χ0v) is 12.4. The summed E-state index contributed by atoms with van der Waals surface area (Å²) in [5, 5.41) is 3.83. The first-order chi connectivity index (χ1) is 10.00. The van der Waals surface area contributed by atoms with Crippen molar-refractivity contribution >= 4 is 15.6 Å². The number of hydrogen-bond donors (Lipinski definition) is 0. The van der Waals surface area contributed by atoms with E-state index in [2.05, 4.69) is 5.10 Å². The van der Waals surface area contributed by atoms with Gasteiger partial charge in [-0.25, -0.2) is 8.42 Å². The van der Waals surface area contributed by atoms with Crippen LogP contribution in [0.5, 0.6) is 0 Å². The minimum atomic E-state index is -4.70. The second-order valence-electron chi connectivity index (χ2n) is 4.68. The summed E-state index contributed by atoms with van der Waals surface area (Å²) >= 11 is 0. The van der Waals surface area contributed by atoms with Gasteiger partial charge in [0.25, 0.3) is 0 Å². The lowest BCUT2D eigenvalue weighted by Gasteiger charge is -2.11. The van der Waals surface area contributed by atoms with Crippen LogP contribution in [0.25, 0.3) is 0 Å². The van der Waals surface area contributed by atoms with E-state index in [4.69, 9.17) is 0 Å². The van der Waals surface area contributed by atoms with Gasteiger partial charge in [-0.05, 0) is 24.3 Å².